The van der Waals surface area contributed by atoms with Crippen molar-refractivity contribution >= 4 is 19.8 Å². The summed E-state index contributed by atoms with van der Waals surface area (Å²) in [7, 11) is 1.18. The van der Waals surface area contributed by atoms with Crippen LogP contribution in [0.1, 0.15) is 418 Å². The van der Waals surface area contributed by atoms with Gasteiger partial charge >= 0.3 is 11.9 Å². The molecule has 0 aromatic heterocycles. The number of rotatable bonds is 79. The highest BCUT2D eigenvalue weighted by molar-refractivity contribution is 7.45. The molecule has 0 radical (unpaired) electrons. The van der Waals surface area contributed by atoms with E-state index in [9.17, 15) is 19.0 Å². The molecule has 2 atom stereocenters. The normalized spacial score (nSPS) is 13.3. The number of phosphoric acid groups is 1. The van der Waals surface area contributed by atoms with Crippen molar-refractivity contribution in [3.63, 3.8) is 0 Å². The Morgan fingerprint density at radius 3 is 0.876 bits per heavy atom. The zero-order valence-corrected chi connectivity index (χ0v) is 65.9. The number of quaternary nitrogens is 1. The Labute approximate surface area is 603 Å². The number of ether oxygens (including phenoxy) is 2. The van der Waals surface area contributed by atoms with Crippen molar-refractivity contribution in [1.29, 1.82) is 0 Å². The Kier molecular flexibility index (Phi) is 75.6. The third-order valence-electron chi connectivity index (χ3n) is 19.0. The number of likely N-dealkylation sites (N-methyl/N-ethyl adjacent to an activating group) is 1. The summed E-state index contributed by atoms with van der Waals surface area (Å²) in [5.41, 5.74) is 0. The number of nitrogens with zero attached hydrogens (tertiary/aromatic N) is 1. The predicted octanol–water partition coefficient (Wildman–Crippen LogP) is 27.6. The van der Waals surface area contributed by atoms with Crippen LogP contribution in [0.25, 0.3) is 0 Å². The van der Waals surface area contributed by atoms with Crippen molar-refractivity contribution in [2.24, 2.45) is 0 Å². The SMILES string of the molecule is CC/C=C\C/C=C\C/C=C\C/C=C\C/C=C\C/C=C\CCCCCCCCCCCCCCCCCCC(=O)OC(COC(=O)CCCCCCCCCCCCCCCCCCCCCCCCCCCCCCCCCCCCCCCC)COP(=O)([O-])OCC[N+](C)(C)C. The summed E-state index contributed by atoms with van der Waals surface area (Å²) in [5.74, 6) is -0.813. The molecule has 0 aromatic rings. The fourth-order valence-corrected chi connectivity index (χ4v) is 13.3. The Morgan fingerprint density at radius 1 is 0.330 bits per heavy atom. The third-order valence-corrected chi connectivity index (χ3v) is 20.0. The highest BCUT2D eigenvalue weighted by Crippen LogP contribution is 2.38. The predicted molar refractivity (Wildman–Crippen MR) is 420 cm³/mol. The van der Waals surface area contributed by atoms with Gasteiger partial charge in [-0.05, 0) is 64.2 Å². The first-order valence-corrected chi connectivity index (χ1v) is 43.6. The molecule has 0 saturated carbocycles. The van der Waals surface area contributed by atoms with Crippen molar-refractivity contribution in [3.05, 3.63) is 72.9 Å². The molecule has 0 aliphatic rings. The van der Waals surface area contributed by atoms with E-state index in [-0.39, 0.29) is 32.0 Å². The molecule has 0 spiro atoms. The zero-order valence-electron chi connectivity index (χ0n) is 65.0. The average Bonchev–Trinajstić information content (AvgIpc) is 1.69. The molecular formula is C87H162NO8P. The maximum atomic E-state index is 12.9. The van der Waals surface area contributed by atoms with Crippen molar-refractivity contribution < 1.29 is 42.1 Å². The summed E-state index contributed by atoms with van der Waals surface area (Å²) < 4.78 is 34.5. The van der Waals surface area contributed by atoms with Crippen molar-refractivity contribution in [2.45, 2.75) is 424 Å². The van der Waals surface area contributed by atoms with Crippen LogP contribution in [0.3, 0.4) is 0 Å². The molecule has 0 N–H and O–H groups in total. The Hall–Kier alpha value is -2.55. The smallest absolute Gasteiger partial charge is 0.306 e. The van der Waals surface area contributed by atoms with Crippen LogP contribution in [0, 0.1) is 0 Å². The maximum absolute atomic E-state index is 12.9. The maximum Gasteiger partial charge on any atom is 0.306 e. The summed E-state index contributed by atoms with van der Waals surface area (Å²) >= 11 is 0. The summed E-state index contributed by atoms with van der Waals surface area (Å²) in [4.78, 5) is 38.2. The lowest BCUT2D eigenvalue weighted by molar-refractivity contribution is -0.870. The molecule has 2 unspecified atom stereocenters. The second-order valence-electron chi connectivity index (χ2n) is 29.8. The number of carbonyl (C=O) groups excluding carboxylic acids is 2. The molecule has 0 heterocycles. The largest absolute Gasteiger partial charge is 0.756 e. The minimum atomic E-state index is -4.65. The fraction of sp³-hybridized carbons (Fsp3) is 0.839. The van der Waals surface area contributed by atoms with Crippen LogP contribution in [0.2, 0.25) is 0 Å². The molecule has 0 aliphatic carbocycles. The molecule has 0 aliphatic heterocycles. The Morgan fingerprint density at radius 2 is 0.588 bits per heavy atom. The monoisotopic (exact) mass is 1380 g/mol. The first kappa shape index (κ1) is 94.5. The third kappa shape index (κ3) is 82.3. The molecule has 568 valence electrons. The molecule has 97 heavy (non-hydrogen) atoms. The number of unbranched alkanes of at least 4 members (excludes halogenated alkanes) is 53. The van der Waals surface area contributed by atoms with Crippen LogP contribution in [-0.2, 0) is 32.7 Å². The van der Waals surface area contributed by atoms with Gasteiger partial charge in [0.2, 0.25) is 0 Å². The Balaban J connectivity index is 3.90. The molecule has 9 nitrogen and oxygen atoms in total. The first-order valence-electron chi connectivity index (χ1n) is 42.1. The van der Waals surface area contributed by atoms with E-state index in [4.69, 9.17) is 18.5 Å². The summed E-state index contributed by atoms with van der Waals surface area (Å²) in [5, 5.41) is 0. The zero-order chi connectivity index (χ0) is 70.4. The van der Waals surface area contributed by atoms with Crippen LogP contribution >= 0.6 is 7.82 Å². The van der Waals surface area contributed by atoms with Crippen LogP contribution in [0.15, 0.2) is 72.9 Å². The van der Waals surface area contributed by atoms with Crippen LogP contribution < -0.4 is 4.89 Å². The van der Waals surface area contributed by atoms with E-state index in [2.05, 4.69) is 86.8 Å². The average molecular weight is 1380 g/mol. The molecular weight excluding hydrogens is 1220 g/mol. The molecule has 0 aromatic carbocycles. The number of phosphoric ester groups is 1. The quantitative estimate of drug-likeness (QED) is 0.0195. The van der Waals surface area contributed by atoms with Gasteiger partial charge in [0, 0.05) is 12.8 Å². The lowest BCUT2D eigenvalue weighted by Crippen LogP contribution is -2.37. The topological polar surface area (TPSA) is 111 Å². The van der Waals surface area contributed by atoms with Gasteiger partial charge in [0.1, 0.15) is 19.8 Å². The van der Waals surface area contributed by atoms with Gasteiger partial charge < -0.3 is 27.9 Å². The van der Waals surface area contributed by atoms with Gasteiger partial charge in [-0.1, -0.05) is 414 Å². The van der Waals surface area contributed by atoms with Gasteiger partial charge in [0.05, 0.1) is 27.7 Å². The van der Waals surface area contributed by atoms with Gasteiger partial charge in [-0.15, -0.1) is 0 Å². The summed E-state index contributed by atoms with van der Waals surface area (Å²) in [6.45, 7) is 4.20. The van der Waals surface area contributed by atoms with Crippen molar-refractivity contribution in [2.75, 3.05) is 47.5 Å². The number of allylic oxidation sites excluding steroid dienone is 12. The second-order valence-corrected chi connectivity index (χ2v) is 31.2. The van der Waals surface area contributed by atoms with E-state index in [1.165, 1.54) is 308 Å². The van der Waals surface area contributed by atoms with E-state index < -0.39 is 26.5 Å². The van der Waals surface area contributed by atoms with Crippen LogP contribution in [0.4, 0.5) is 0 Å². The molecule has 0 rings (SSSR count). The molecule has 0 fully saturated rings. The molecule has 0 saturated heterocycles. The fourth-order valence-electron chi connectivity index (χ4n) is 12.6. The first-order chi connectivity index (χ1) is 47.5. The van der Waals surface area contributed by atoms with E-state index in [0.29, 0.717) is 17.4 Å². The minimum Gasteiger partial charge on any atom is -0.756 e. The highest BCUT2D eigenvalue weighted by Gasteiger charge is 2.22. The summed E-state index contributed by atoms with van der Waals surface area (Å²) in [6, 6.07) is 0. The number of esters is 2. The van der Waals surface area contributed by atoms with Crippen molar-refractivity contribution in [3.8, 4) is 0 Å². The van der Waals surface area contributed by atoms with Gasteiger partial charge in [-0.3, -0.25) is 14.2 Å². The summed E-state index contributed by atoms with van der Waals surface area (Å²) in [6.07, 6.45) is 106. The van der Waals surface area contributed by atoms with Crippen LogP contribution in [-0.4, -0.2) is 70.0 Å². The lowest BCUT2D eigenvalue weighted by Gasteiger charge is -2.28. The number of hydrogen-bond acceptors (Lipinski definition) is 8. The van der Waals surface area contributed by atoms with E-state index in [0.717, 1.165) is 77.0 Å². The molecule has 0 bridgehead atoms. The number of carbonyl (C=O) groups is 2. The van der Waals surface area contributed by atoms with E-state index >= 15 is 0 Å². The van der Waals surface area contributed by atoms with Crippen LogP contribution in [0.5, 0.6) is 0 Å². The standard InChI is InChI=1S/C87H162NO8P/c1-6-8-10-12-14-16-18-20-22-24-26-28-30-32-34-36-38-40-42-43-44-46-47-49-51-53-55-57-59-61-63-65-67-69-71-73-75-77-79-86(89)93-83-85(84-95-97(91,92)94-82-81-88(3,4)5)96-87(90)80-78-76-74-72-70-68-66-64-62-60-58-56-54-52-50-48-45-41-39-37-35-33-31-29-27-25-23-21-19-17-15-13-11-9-7-2/h9,11,15,17,21,23,27,29,33,35,39,41,85H,6-8,10,12-14,16,18-20,22,24-26,28,30-32,34,36-38,40,42-84H2,1-5H3/b11-9-,17-15-,23-21-,29-27-,35-33-,41-39-. The number of hydrogen-bond donors (Lipinski definition) is 0. The highest BCUT2D eigenvalue weighted by atomic mass is 31.2. The molecule has 0 amide bonds. The minimum absolute atomic E-state index is 0.0298. The second kappa shape index (κ2) is 77.6. The van der Waals surface area contributed by atoms with Gasteiger partial charge in [-0.25, -0.2) is 0 Å². The van der Waals surface area contributed by atoms with Crippen molar-refractivity contribution in [1.82, 2.24) is 0 Å². The Bertz CT molecular complexity index is 1870. The van der Waals surface area contributed by atoms with Gasteiger partial charge in [-0.2, -0.15) is 0 Å². The lowest BCUT2D eigenvalue weighted by atomic mass is 10.0. The van der Waals surface area contributed by atoms with Gasteiger partial charge in [0.25, 0.3) is 7.82 Å². The molecule has 10 heteroatoms. The van der Waals surface area contributed by atoms with Gasteiger partial charge in [0.15, 0.2) is 6.10 Å². The van der Waals surface area contributed by atoms with E-state index in [1.807, 2.05) is 21.1 Å². The van der Waals surface area contributed by atoms with E-state index in [1.54, 1.807) is 0 Å².